The van der Waals surface area contributed by atoms with Crippen LogP contribution >= 0.6 is 0 Å². The zero-order chi connectivity index (χ0) is 13.1. The molecule has 4 nitrogen and oxygen atoms in total. The van der Waals surface area contributed by atoms with Gasteiger partial charge in [0.25, 0.3) is 0 Å². The predicted molar refractivity (Wildman–Crippen MR) is 72.9 cm³/mol. The highest BCUT2D eigenvalue weighted by Gasteiger charge is 2.24. The second-order valence-corrected chi connectivity index (χ2v) is 5.04. The Morgan fingerprint density at radius 2 is 2.28 bits per heavy atom. The number of rotatable bonds is 6. The van der Waals surface area contributed by atoms with E-state index in [9.17, 15) is 4.79 Å². The van der Waals surface area contributed by atoms with E-state index in [4.69, 9.17) is 10.8 Å². The highest BCUT2D eigenvalue weighted by atomic mass is 16.4. The van der Waals surface area contributed by atoms with Crippen molar-refractivity contribution in [1.29, 1.82) is 0 Å². The number of benzene rings is 1. The normalized spacial score (nSPS) is 16.3. The Kier molecular flexibility index (Phi) is 3.75. The van der Waals surface area contributed by atoms with E-state index in [1.54, 1.807) is 12.1 Å². The first-order valence-electron chi connectivity index (χ1n) is 6.49. The molecule has 0 radical (unpaired) electrons. The Bertz CT molecular complexity index is 441. The molecular weight excluding hydrogens is 228 g/mol. The molecule has 1 aromatic carbocycles. The van der Waals surface area contributed by atoms with Gasteiger partial charge in [0.2, 0.25) is 0 Å². The van der Waals surface area contributed by atoms with E-state index in [2.05, 4.69) is 12.2 Å². The van der Waals surface area contributed by atoms with Gasteiger partial charge in [0.15, 0.2) is 0 Å². The molecule has 1 unspecified atom stereocenters. The van der Waals surface area contributed by atoms with Crippen LogP contribution in [0.25, 0.3) is 0 Å². The lowest BCUT2D eigenvalue weighted by molar-refractivity contribution is 0.0697. The van der Waals surface area contributed by atoms with Crippen molar-refractivity contribution in [2.45, 2.75) is 38.6 Å². The van der Waals surface area contributed by atoms with E-state index in [1.807, 2.05) is 0 Å². The maximum atomic E-state index is 10.8. The maximum Gasteiger partial charge on any atom is 0.335 e. The van der Waals surface area contributed by atoms with Crippen LogP contribution < -0.4 is 11.1 Å². The zero-order valence-corrected chi connectivity index (χ0v) is 10.6. The van der Waals surface area contributed by atoms with Gasteiger partial charge in [0.05, 0.1) is 16.9 Å². The molecule has 1 saturated carbocycles. The molecule has 0 amide bonds. The fraction of sp³-hybridized carbons (Fsp3) is 0.500. The van der Waals surface area contributed by atoms with Gasteiger partial charge < -0.3 is 16.2 Å². The third kappa shape index (κ3) is 3.15. The van der Waals surface area contributed by atoms with Crippen molar-refractivity contribution >= 4 is 17.3 Å². The van der Waals surface area contributed by atoms with Gasteiger partial charge in [0, 0.05) is 6.04 Å². The van der Waals surface area contributed by atoms with Crippen LogP contribution in [0, 0.1) is 5.92 Å². The molecule has 98 valence electrons. The highest BCUT2D eigenvalue weighted by molar-refractivity contribution is 5.90. The second kappa shape index (κ2) is 5.29. The van der Waals surface area contributed by atoms with Crippen molar-refractivity contribution in [2.24, 2.45) is 5.92 Å². The number of nitrogens with two attached hydrogens (primary N) is 1. The van der Waals surface area contributed by atoms with Crippen LogP contribution in [0.2, 0.25) is 0 Å². The summed E-state index contributed by atoms with van der Waals surface area (Å²) >= 11 is 0. The largest absolute Gasteiger partial charge is 0.478 e. The maximum absolute atomic E-state index is 10.8. The SMILES string of the molecule is CCC(CC1CC1)Nc1ccc(C(=O)O)cc1N. The van der Waals surface area contributed by atoms with E-state index in [1.165, 1.54) is 25.3 Å². The van der Waals surface area contributed by atoms with Gasteiger partial charge >= 0.3 is 5.97 Å². The Morgan fingerprint density at radius 1 is 1.56 bits per heavy atom. The number of nitrogen functional groups attached to an aromatic ring is 1. The first-order chi connectivity index (χ1) is 8.60. The number of nitrogens with one attached hydrogen (secondary N) is 1. The van der Waals surface area contributed by atoms with Crippen molar-refractivity contribution in [3.05, 3.63) is 23.8 Å². The van der Waals surface area contributed by atoms with Gasteiger partial charge in [-0.2, -0.15) is 0 Å². The number of hydrogen-bond donors (Lipinski definition) is 3. The molecule has 18 heavy (non-hydrogen) atoms. The van der Waals surface area contributed by atoms with Crippen LogP contribution in [-0.4, -0.2) is 17.1 Å². The molecule has 0 saturated heterocycles. The number of carboxylic acids is 1. The molecule has 4 heteroatoms. The summed E-state index contributed by atoms with van der Waals surface area (Å²) < 4.78 is 0. The minimum atomic E-state index is -0.946. The van der Waals surface area contributed by atoms with Gasteiger partial charge in [-0.3, -0.25) is 0 Å². The molecule has 2 rings (SSSR count). The first kappa shape index (κ1) is 12.7. The van der Waals surface area contributed by atoms with Crippen LogP contribution in [0.3, 0.4) is 0 Å². The minimum Gasteiger partial charge on any atom is -0.478 e. The highest BCUT2D eigenvalue weighted by Crippen LogP contribution is 2.35. The van der Waals surface area contributed by atoms with Gasteiger partial charge in [0.1, 0.15) is 0 Å². The van der Waals surface area contributed by atoms with E-state index in [0.717, 1.165) is 18.0 Å². The molecular formula is C14H20N2O2. The van der Waals surface area contributed by atoms with E-state index < -0.39 is 5.97 Å². The molecule has 1 aliphatic carbocycles. The Labute approximate surface area is 107 Å². The lowest BCUT2D eigenvalue weighted by Crippen LogP contribution is -2.20. The fourth-order valence-corrected chi connectivity index (χ4v) is 2.13. The molecule has 0 spiro atoms. The van der Waals surface area contributed by atoms with E-state index >= 15 is 0 Å². The summed E-state index contributed by atoms with van der Waals surface area (Å²) in [6, 6.07) is 5.28. The number of carbonyl (C=O) groups is 1. The predicted octanol–water partition coefficient (Wildman–Crippen LogP) is 2.96. The molecule has 1 aromatic rings. The van der Waals surface area contributed by atoms with Crippen LogP contribution in [0.1, 0.15) is 43.0 Å². The fourth-order valence-electron chi connectivity index (χ4n) is 2.13. The molecule has 1 atom stereocenters. The molecule has 0 heterocycles. The average molecular weight is 248 g/mol. The lowest BCUT2D eigenvalue weighted by Gasteiger charge is -2.19. The molecule has 4 N–H and O–H groups in total. The lowest BCUT2D eigenvalue weighted by atomic mass is 10.1. The first-order valence-corrected chi connectivity index (χ1v) is 6.49. The molecule has 0 bridgehead atoms. The minimum absolute atomic E-state index is 0.230. The quantitative estimate of drug-likeness (QED) is 0.676. The summed E-state index contributed by atoms with van der Waals surface area (Å²) in [4.78, 5) is 10.8. The number of anilines is 2. The van der Waals surface area contributed by atoms with Crippen molar-refractivity contribution in [1.82, 2.24) is 0 Å². The van der Waals surface area contributed by atoms with Gasteiger partial charge in [-0.15, -0.1) is 0 Å². The van der Waals surface area contributed by atoms with E-state index in [0.29, 0.717) is 11.7 Å². The number of carboxylic acid groups (broad SMARTS) is 1. The molecule has 1 fully saturated rings. The van der Waals surface area contributed by atoms with Crippen molar-refractivity contribution in [2.75, 3.05) is 11.1 Å². The van der Waals surface area contributed by atoms with Crippen LogP contribution in [-0.2, 0) is 0 Å². The van der Waals surface area contributed by atoms with Gasteiger partial charge in [-0.05, 0) is 37.0 Å². The Morgan fingerprint density at radius 3 is 2.78 bits per heavy atom. The summed E-state index contributed by atoms with van der Waals surface area (Å²) in [7, 11) is 0. The summed E-state index contributed by atoms with van der Waals surface area (Å²) in [5.41, 5.74) is 7.46. The van der Waals surface area contributed by atoms with Crippen molar-refractivity contribution in [3.63, 3.8) is 0 Å². The smallest absolute Gasteiger partial charge is 0.335 e. The van der Waals surface area contributed by atoms with Gasteiger partial charge in [-0.25, -0.2) is 4.79 Å². The zero-order valence-electron chi connectivity index (χ0n) is 10.6. The van der Waals surface area contributed by atoms with Crippen LogP contribution in [0.5, 0.6) is 0 Å². The summed E-state index contributed by atoms with van der Waals surface area (Å²) in [5, 5.41) is 12.3. The molecule has 0 aromatic heterocycles. The van der Waals surface area contributed by atoms with Crippen molar-refractivity contribution < 1.29 is 9.90 Å². The van der Waals surface area contributed by atoms with Gasteiger partial charge in [-0.1, -0.05) is 19.8 Å². The third-order valence-electron chi connectivity index (χ3n) is 3.47. The average Bonchev–Trinajstić information content (AvgIpc) is 3.14. The summed E-state index contributed by atoms with van der Waals surface area (Å²) in [6.45, 7) is 2.15. The summed E-state index contributed by atoms with van der Waals surface area (Å²) in [5.74, 6) is -0.0831. The Balaban J connectivity index is 2.05. The number of hydrogen-bond acceptors (Lipinski definition) is 3. The topological polar surface area (TPSA) is 75.3 Å². The van der Waals surface area contributed by atoms with Crippen LogP contribution in [0.15, 0.2) is 18.2 Å². The van der Waals surface area contributed by atoms with Crippen LogP contribution in [0.4, 0.5) is 11.4 Å². The Hall–Kier alpha value is -1.71. The standard InChI is InChI=1S/C14H20N2O2/c1-2-11(7-9-3-4-9)16-13-6-5-10(14(17)18)8-12(13)15/h5-6,8-9,11,16H,2-4,7,15H2,1H3,(H,17,18). The molecule has 1 aliphatic rings. The second-order valence-electron chi connectivity index (χ2n) is 5.04. The molecule has 0 aliphatic heterocycles. The summed E-state index contributed by atoms with van der Waals surface area (Å²) in [6.07, 6.45) is 4.91. The number of aromatic carboxylic acids is 1. The van der Waals surface area contributed by atoms with E-state index in [-0.39, 0.29) is 5.56 Å². The van der Waals surface area contributed by atoms with Crippen molar-refractivity contribution in [3.8, 4) is 0 Å². The monoisotopic (exact) mass is 248 g/mol. The third-order valence-corrected chi connectivity index (χ3v) is 3.47.